The molecule has 0 bridgehead atoms. The molecule has 1 N–H and O–H groups in total. The van der Waals surface area contributed by atoms with Gasteiger partial charge in [-0.05, 0) is 56.7 Å². The molecule has 7 nitrogen and oxygen atoms in total. The molecule has 10 heteroatoms. The standard InChI is InChI=1S/C22H27ClFN3O4S/c1-15(2)25-22(29)16(3)26(13-17-7-5-6-8-20(17)23)21(28)14-27(32(4,30)31)19-11-9-18(24)10-12-19/h5-12,15-16H,13-14H2,1-4H3,(H,25,29)/t16-/m0/s1. The normalized spacial score (nSPS) is 12.3. The van der Waals surface area contributed by atoms with Gasteiger partial charge in [-0.2, -0.15) is 0 Å². The van der Waals surface area contributed by atoms with Crippen LogP contribution in [0.4, 0.5) is 10.1 Å². The zero-order chi connectivity index (χ0) is 24.1. The molecular weight excluding hydrogens is 457 g/mol. The highest BCUT2D eigenvalue weighted by Gasteiger charge is 2.30. The van der Waals surface area contributed by atoms with E-state index in [1.165, 1.54) is 17.0 Å². The molecule has 2 aromatic rings. The summed E-state index contributed by atoms with van der Waals surface area (Å²) >= 11 is 6.25. The fourth-order valence-electron chi connectivity index (χ4n) is 3.02. The molecule has 0 fully saturated rings. The van der Waals surface area contributed by atoms with Crippen molar-refractivity contribution in [3.63, 3.8) is 0 Å². The molecule has 0 saturated carbocycles. The summed E-state index contributed by atoms with van der Waals surface area (Å²) in [4.78, 5) is 27.2. The minimum Gasteiger partial charge on any atom is -0.352 e. The number of nitrogens with zero attached hydrogens (tertiary/aromatic N) is 2. The molecule has 0 spiro atoms. The van der Waals surface area contributed by atoms with Gasteiger partial charge >= 0.3 is 0 Å². The molecule has 1 atom stereocenters. The van der Waals surface area contributed by atoms with Crippen LogP contribution in [0, 0.1) is 5.82 Å². The van der Waals surface area contributed by atoms with Crippen molar-refractivity contribution in [1.82, 2.24) is 10.2 Å². The number of nitrogens with one attached hydrogen (secondary N) is 1. The number of amides is 2. The van der Waals surface area contributed by atoms with Gasteiger partial charge in [0.2, 0.25) is 21.8 Å². The van der Waals surface area contributed by atoms with Gasteiger partial charge in [0.25, 0.3) is 0 Å². The molecule has 0 heterocycles. The van der Waals surface area contributed by atoms with Crippen LogP contribution in [0.3, 0.4) is 0 Å². The average molecular weight is 484 g/mol. The van der Waals surface area contributed by atoms with E-state index in [4.69, 9.17) is 11.6 Å². The predicted molar refractivity (Wildman–Crippen MR) is 123 cm³/mol. The lowest BCUT2D eigenvalue weighted by molar-refractivity contribution is -0.139. The van der Waals surface area contributed by atoms with Gasteiger partial charge in [-0.3, -0.25) is 13.9 Å². The average Bonchev–Trinajstić information content (AvgIpc) is 2.70. The lowest BCUT2D eigenvalue weighted by Crippen LogP contribution is -2.52. The highest BCUT2D eigenvalue weighted by atomic mass is 35.5. The van der Waals surface area contributed by atoms with Crippen LogP contribution in [-0.2, 0) is 26.2 Å². The Hall–Kier alpha value is -2.65. The first-order valence-corrected chi connectivity index (χ1v) is 12.2. The lowest BCUT2D eigenvalue weighted by atomic mass is 10.1. The number of carbonyl (C=O) groups is 2. The molecule has 0 aliphatic heterocycles. The van der Waals surface area contributed by atoms with Crippen LogP contribution >= 0.6 is 11.6 Å². The number of sulfonamides is 1. The predicted octanol–water partition coefficient (Wildman–Crippen LogP) is 3.19. The van der Waals surface area contributed by atoms with Gasteiger partial charge in [-0.25, -0.2) is 12.8 Å². The summed E-state index contributed by atoms with van der Waals surface area (Å²) in [6.45, 7) is 4.60. The van der Waals surface area contributed by atoms with Crippen molar-refractivity contribution in [3.8, 4) is 0 Å². The van der Waals surface area contributed by atoms with Gasteiger partial charge < -0.3 is 10.2 Å². The van der Waals surface area contributed by atoms with Crippen LogP contribution in [0.15, 0.2) is 48.5 Å². The molecule has 174 valence electrons. The second-order valence-electron chi connectivity index (χ2n) is 7.70. The maximum atomic E-state index is 13.3. The van der Waals surface area contributed by atoms with E-state index in [1.54, 1.807) is 45.0 Å². The van der Waals surface area contributed by atoms with Gasteiger partial charge in [0.15, 0.2) is 0 Å². The zero-order valence-electron chi connectivity index (χ0n) is 18.4. The molecule has 0 saturated heterocycles. The third kappa shape index (κ3) is 6.93. The van der Waals surface area contributed by atoms with Crippen LogP contribution in [-0.4, -0.2) is 50.0 Å². The summed E-state index contributed by atoms with van der Waals surface area (Å²) in [6.07, 6.45) is 0.955. The molecular formula is C22H27ClFN3O4S. The minimum absolute atomic E-state index is 0.00616. The maximum absolute atomic E-state index is 13.3. The van der Waals surface area contributed by atoms with E-state index >= 15 is 0 Å². The zero-order valence-corrected chi connectivity index (χ0v) is 20.0. The Labute approximate surface area is 193 Å². The first kappa shape index (κ1) is 25.6. The molecule has 0 aromatic heterocycles. The number of hydrogen-bond acceptors (Lipinski definition) is 4. The Kier molecular flexibility index (Phi) is 8.63. The number of anilines is 1. The van der Waals surface area contributed by atoms with Gasteiger partial charge in [-0.15, -0.1) is 0 Å². The largest absolute Gasteiger partial charge is 0.352 e. The number of rotatable bonds is 9. The van der Waals surface area contributed by atoms with Crippen molar-refractivity contribution in [1.29, 1.82) is 0 Å². The molecule has 0 unspecified atom stereocenters. The van der Waals surface area contributed by atoms with Gasteiger partial charge in [-0.1, -0.05) is 29.8 Å². The van der Waals surface area contributed by atoms with Crippen molar-refractivity contribution < 1.29 is 22.4 Å². The van der Waals surface area contributed by atoms with Crippen LogP contribution in [0.2, 0.25) is 5.02 Å². The van der Waals surface area contributed by atoms with Crippen LogP contribution in [0.25, 0.3) is 0 Å². The van der Waals surface area contributed by atoms with E-state index in [0.29, 0.717) is 10.6 Å². The lowest BCUT2D eigenvalue weighted by Gasteiger charge is -2.32. The third-order valence-corrected chi connectivity index (χ3v) is 6.20. The number of hydrogen-bond donors (Lipinski definition) is 1. The van der Waals surface area contributed by atoms with Crippen molar-refractivity contribution >= 4 is 39.1 Å². The van der Waals surface area contributed by atoms with E-state index in [1.807, 2.05) is 0 Å². The second kappa shape index (κ2) is 10.8. The van der Waals surface area contributed by atoms with E-state index < -0.39 is 34.3 Å². The Morgan fingerprint density at radius 3 is 2.19 bits per heavy atom. The molecule has 0 aliphatic rings. The van der Waals surface area contributed by atoms with Crippen molar-refractivity contribution in [2.75, 3.05) is 17.1 Å². The Morgan fingerprint density at radius 2 is 1.66 bits per heavy atom. The number of halogens is 2. The molecule has 2 amide bonds. The van der Waals surface area contributed by atoms with Crippen LogP contribution in [0.5, 0.6) is 0 Å². The van der Waals surface area contributed by atoms with E-state index in [0.717, 1.165) is 22.7 Å². The first-order chi connectivity index (χ1) is 14.9. The van der Waals surface area contributed by atoms with E-state index in [-0.39, 0.29) is 24.2 Å². The molecule has 0 aliphatic carbocycles. The Balaban J connectivity index is 2.39. The first-order valence-electron chi connectivity index (χ1n) is 9.96. The third-order valence-electron chi connectivity index (χ3n) is 4.69. The SMILES string of the molecule is CC(C)NC(=O)[C@H](C)N(Cc1ccccc1Cl)C(=O)CN(c1ccc(F)cc1)S(C)(=O)=O. The molecule has 2 aromatic carbocycles. The monoisotopic (exact) mass is 483 g/mol. The molecule has 2 rings (SSSR count). The second-order valence-corrected chi connectivity index (χ2v) is 10.0. The van der Waals surface area contributed by atoms with Crippen molar-refractivity contribution in [2.24, 2.45) is 0 Å². The summed E-state index contributed by atoms with van der Waals surface area (Å²) in [6, 6.07) is 10.6. The topological polar surface area (TPSA) is 86.8 Å². The molecule has 32 heavy (non-hydrogen) atoms. The smallest absolute Gasteiger partial charge is 0.244 e. The fraction of sp³-hybridized carbons (Fsp3) is 0.364. The summed E-state index contributed by atoms with van der Waals surface area (Å²) in [7, 11) is -3.87. The Morgan fingerprint density at radius 1 is 1.06 bits per heavy atom. The quantitative estimate of drug-likeness (QED) is 0.593. The Bertz CT molecular complexity index is 1060. The maximum Gasteiger partial charge on any atom is 0.244 e. The van der Waals surface area contributed by atoms with E-state index in [9.17, 15) is 22.4 Å². The highest BCUT2D eigenvalue weighted by molar-refractivity contribution is 7.92. The van der Waals surface area contributed by atoms with Gasteiger partial charge in [0, 0.05) is 17.6 Å². The van der Waals surface area contributed by atoms with Gasteiger partial charge in [0.05, 0.1) is 11.9 Å². The van der Waals surface area contributed by atoms with Gasteiger partial charge in [0.1, 0.15) is 18.4 Å². The minimum atomic E-state index is -3.87. The highest BCUT2D eigenvalue weighted by Crippen LogP contribution is 2.21. The van der Waals surface area contributed by atoms with Crippen molar-refractivity contribution in [2.45, 2.75) is 39.4 Å². The fourth-order valence-corrected chi connectivity index (χ4v) is 4.06. The van der Waals surface area contributed by atoms with Crippen molar-refractivity contribution in [3.05, 3.63) is 64.9 Å². The van der Waals surface area contributed by atoms with Crippen LogP contribution in [0.1, 0.15) is 26.3 Å². The summed E-state index contributed by atoms with van der Waals surface area (Å²) in [5.74, 6) is -1.52. The number of carbonyl (C=O) groups excluding carboxylic acids is 2. The molecule has 0 radical (unpaired) electrons. The summed E-state index contributed by atoms with van der Waals surface area (Å²) in [5, 5.41) is 3.18. The summed E-state index contributed by atoms with van der Waals surface area (Å²) in [5.41, 5.74) is 0.749. The summed E-state index contributed by atoms with van der Waals surface area (Å²) < 4.78 is 39.0. The van der Waals surface area contributed by atoms with Crippen LogP contribution < -0.4 is 9.62 Å². The number of benzene rings is 2. The van der Waals surface area contributed by atoms with E-state index in [2.05, 4.69) is 5.32 Å².